The molecule has 0 atom stereocenters. The van der Waals surface area contributed by atoms with E-state index in [1.807, 2.05) is 0 Å². The van der Waals surface area contributed by atoms with Gasteiger partial charge in [0.05, 0.1) is 0 Å². The van der Waals surface area contributed by atoms with Crippen molar-refractivity contribution in [2.75, 3.05) is 0 Å². The van der Waals surface area contributed by atoms with Crippen LogP contribution in [0, 0.1) is 17.1 Å². The minimum absolute atomic E-state index is 0.168. The van der Waals surface area contributed by atoms with Crippen LogP contribution >= 0.6 is 0 Å². The summed E-state index contributed by atoms with van der Waals surface area (Å²) in [4.78, 5) is 11.6. The molecule has 0 saturated heterocycles. The Hall–Kier alpha value is -2.15. The number of aliphatic hydroxyl groups excluding tert-OH is 1. The van der Waals surface area contributed by atoms with Crippen molar-refractivity contribution in [2.45, 2.75) is 6.92 Å². The Morgan fingerprint density at radius 2 is 1.93 bits per heavy atom. The zero-order valence-corrected chi connectivity index (χ0v) is 7.99. The molecule has 3 nitrogen and oxygen atoms in total. The monoisotopic (exact) mass is 205 g/mol. The van der Waals surface area contributed by atoms with Gasteiger partial charge >= 0.3 is 0 Å². The quantitative estimate of drug-likeness (QED) is 0.349. The molecule has 1 rings (SSSR count). The van der Waals surface area contributed by atoms with E-state index in [1.54, 1.807) is 6.07 Å². The summed E-state index contributed by atoms with van der Waals surface area (Å²) in [5.74, 6) is -1.42. The van der Waals surface area contributed by atoms with Crippen molar-refractivity contribution < 1.29 is 14.3 Å². The maximum absolute atomic E-state index is 12.6. The molecule has 0 aliphatic carbocycles. The van der Waals surface area contributed by atoms with Crippen molar-refractivity contribution >= 4 is 5.78 Å². The summed E-state index contributed by atoms with van der Waals surface area (Å²) in [6.07, 6.45) is 0. The highest BCUT2D eigenvalue weighted by Crippen LogP contribution is 2.11. The second-order valence-electron chi connectivity index (χ2n) is 2.91. The van der Waals surface area contributed by atoms with Crippen LogP contribution in [0.2, 0.25) is 0 Å². The third-order valence-electron chi connectivity index (χ3n) is 1.81. The number of nitriles is 1. The van der Waals surface area contributed by atoms with Crippen LogP contribution in [-0.4, -0.2) is 10.9 Å². The molecular formula is C11H8FNO2. The minimum Gasteiger partial charge on any atom is -0.511 e. The van der Waals surface area contributed by atoms with Crippen LogP contribution in [0.3, 0.4) is 0 Å². The summed E-state index contributed by atoms with van der Waals surface area (Å²) < 4.78 is 12.6. The zero-order chi connectivity index (χ0) is 11.4. The van der Waals surface area contributed by atoms with Gasteiger partial charge in [-0.2, -0.15) is 5.26 Å². The smallest absolute Gasteiger partial charge is 0.206 e. The molecule has 76 valence electrons. The lowest BCUT2D eigenvalue weighted by Crippen LogP contribution is -2.04. The molecule has 1 aromatic rings. The first-order chi connectivity index (χ1) is 7.06. The molecule has 0 aliphatic rings. The van der Waals surface area contributed by atoms with Gasteiger partial charge in [0.1, 0.15) is 23.2 Å². The van der Waals surface area contributed by atoms with Crippen LogP contribution in [0.1, 0.15) is 17.3 Å². The molecule has 0 amide bonds. The van der Waals surface area contributed by atoms with Crippen LogP contribution in [0.25, 0.3) is 0 Å². The average Bonchev–Trinajstić information content (AvgIpc) is 2.19. The number of halogens is 1. The van der Waals surface area contributed by atoms with Gasteiger partial charge in [-0.25, -0.2) is 4.39 Å². The second-order valence-corrected chi connectivity index (χ2v) is 2.91. The highest BCUT2D eigenvalue weighted by molar-refractivity contribution is 6.11. The number of nitrogens with zero attached hydrogens (tertiary/aromatic N) is 1. The molecule has 0 aromatic heterocycles. The van der Waals surface area contributed by atoms with Gasteiger partial charge in [-0.1, -0.05) is 0 Å². The van der Waals surface area contributed by atoms with E-state index < -0.39 is 11.6 Å². The van der Waals surface area contributed by atoms with Gasteiger partial charge < -0.3 is 5.11 Å². The molecule has 0 aliphatic heterocycles. The molecule has 0 bridgehead atoms. The van der Waals surface area contributed by atoms with Crippen molar-refractivity contribution in [3.63, 3.8) is 0 Å². The highest BCUT2D eigenvalue weighted by Gasteiger charge is 2.14. The Bertz CT molecular complexity index is 450. The number of rotatable bonds is 2. The molecule has 0 saturated carbocycles. The number of ketones is 1. The molecule has 0 radical (unpaired) electrons. The molecule has 0 fully saturated rings. The fraction of sp³-hybridized carbons (Fsp3) is 0.0909. The van der Waals surface area contributed by atoms with E-state index in [0.29, 0.717) is 0 Å². The van der Waals surface area contributed by atoms with Crippen molar-refractivity contribution in [1.29, 1.82) is 5.26 Å². The number of Topliss-reactive ketones (excluding diaryl/α,β-unsaturated/α-hetero) is 1. The summed E-state index contributed by atoms with van der Waals surface area (Å²) in [5.41, 5.74) is -0.164. The van der Waals surface area contributed by atoms with Gasteiger partial charge in [0, 0.05) is 5.56 Å². The van der Waals surface area contributed by atoms with E-state index in [-0.39, 0.29) is 16.9 Å². The predicted molar refractivity (Wildman–Crippen MR) is 51.7 cm³/mol. The maximum atomic E-state index is 12.6. The number of hydrogen-bond acceptors (Lipinski definition) is 3. The van der Waals surface area contributed by atoms with Gasteiger partial charge in [-0.05, 0) is 31.2 Å². The van der Waals surface area contributed by atoms with Crippen molar-refractivity contribution in [1.82, 2.24) is 0 Å². The zero-order valence-electron chi connectivity index (χ0n) is 7.99. The number of hydrogen-bond donors (Lipinski definition) is 1. The van der Waals surface area contributed by atoms with E-state index in [1.165, 1.54) is 19.1 Å². The molecule has 4 heteroatoms. The Labute approximate surface area is 86.1 Å². The van der Waals surface area contributed by atoms with E-state index in [2.05, 4.69) is 0 Å². The molecule has 1 N–H and O–H groups in total. The molecule has 15 heavy (non-hydrogen) atoms. The first-order valence-corrected chi connectivity index (χ1v) is 4.16. The minimum atomic E-state index is -0.613. The Morgan fingerprint density at radius 1 is 1.40 bits per heavy atom. The highest BCUT2D eigenvalue weighted by atomic mass is 19.1. The van der Waals surface area contributed by atoms with Gasteiger partial charge in [-0.3, -0.25) is 4.79 Å². The van der Waals surface area contributed by atoms with E-state index in [9.17, 15) is 9.18 Å². The first kappa shape index (κ1) is 10.9. The summed E-state index contributed by atoms with van der Waals surface area (Å²) >= 11 is 0. The number of carbonyl (C=O) groups is 1. The molecule has 1 aromatic carbocycles. The number of benzene rings is 1. The van der Waals surface area contributed by atoms with Crippen molar-refractivity contribution in [3.05, 3.63) is 47.0 Å². The largest absolute Gasteiger partial charge is 0.511 e. The average molecular weight is 205 g/mol. The van der Waals surface area contributed by atoms with Crippen LogP contribution in [-0.2, 0) is 0 Å². The fourth-order valence-corrected chi connectivity index (χ4v) is 1.04. The standard InChI is InChI=1S/C11H8FNO2/c1-7(14)10(6-13)11(15)8-2-4-9(12)5-3-8/h2-5,14H,1H3/b10-7+. The van der Waals surface area contributed by atoms with Crippen LogP contribution in [0.15, 0.2) is 35.6 Å². The summed E-state index contributed by atoms with van der Waals surface area (Å²) in [6.45, 7) is 1.25. The van der Waals surface area contributed by atoms with Crippen molar-refractivity contribution in [2.24, 2.45) is 0 Å². The van der Waals surface area contributed by atoms with Crippen LogP contribution in [0.5, 0.6) is 0 Å². The number of allylic oxidation sites excluding steroid dienone is 2. The van der Waals surface area contributed by atoms with E-state index in [4.69, 9.17) is 10.4 Å². The molecule has 0 spiro atoms. The maximum Gasteiger partial charge on any atom is 0.206 e. The van der Waals surface area contributed by atoms with Gasteiger partial charge in [0.15, 0.2) is 0 Å². The fourth-order valence-electron chi connectivity index (χ4n) is 1.04. The van der Waals surface area contributed by atoms with E-state index >= 15 is 0 Å². The molecule has 0 unspecified atom stereocenters. The van der Waals surface area contributed by atoms with Crippen LogP contribution < -0.4 is 0 Å². The normalized spacial score (nSPS) is 11.5. The lowest BCUT2D eigenvalue weighted by molar-refractivity contribution is 0.103. The summed E-state index contributed by atoms with van der Waals surface area (Å²) in [5, 5.41) is 17.7. The van der Waals surface area contributed by atoms with Gasteiger partial charge in [0.2, 0.25) is 5.78 Å². The van der Waals surface area contributed by atoms with E-state index in [0.717, 1.165) is 12.1 Å². The number of carbonyl (C=O) groups excluding carboxylic acids is 1. The lowest BCUT2D eigenvalue weighted by Gasteiger charge is -1.99. The lowest BCUT2D eigenvalue weighted by atomic mass is 10.0. The van der Waals surface area contributed by atoms with Gasteiger partial charge in [0.25, 0.3) is 0 Å². The summed E-state index contributed by atoms with van der Waals surface area (Å²) in [7, 11) is 0. The molecular weight excluding hydrogens is 197 g/mol. The second kappa shape index (κ2) is 4.38. The summed E-state index contributed by atoms with van der Waals surface area (Å²) in [6, 6.07) is 6.36. The third kappa shape index (κ3) is 2.41. The third-order valence-corrected chi connectivity index (χ3v) is 1.81. The SMILES string of the molecule is C/C(O)=C(/C#N)C(=O)c1ccc(F)cc1. The first-order valence-electron chi connectivity index (χ1n) is 4.16. The Kier molecular flexibility index (Phi) is 3.19. The Balaban J connectivity index is 3.11. The Morgan fingerprint density at radius 3 is 2.33 bits per heavy atom. The number of aliphatic hydroxyl groups is 1. The topological polar surface area (TPSA) is 61.1 Å². The predicted octanol–water partition coefficient (Wildman–Crippen LogP) is 2.36. The molecule has 0 heterocycles. The van der Waals surface area contributed by atoms with Crippen molar-refractivity contribution in [3.8, 4) is 6.07 Å². The van der Waals surface area contributed by atoms with Crippen LogP contribution in [0.4, 0.5) is 4.39 Å². The van der Waals surface area contributed by atoms with Gasteiger partial charge in [-0.15, -0.1) is 0 Å².